The van der Waals surface area contributed by atoms with Crippen LogP contribution >= 0.6 is 0 Å². The number of carbonyl (C=O) groups excluding carboxylic acids is 1. The molecule has 4 rings (SSSR count). The fourth-order valence-electron chi connectivity index (χ4n) is 3.72. The fraction of sp³-hybridized carbons (Fsp3) is 0.474. The van der Waals surface area contributed by atoms with Crippen LogP contribution in [0.2, 0.25) is 0 Å². The van der Waals surface area contributed by atoms with E-state index >= 15 is 0 Å². The van der Waals surface area contributed by atoms with Gasteiger partial charge in [0.2, 0.25) is 5.91 Å². The van der Waals surface area contributed by atoms with Crippen LogP contribution in [-0.4, -0.2) is 47.1 Å². The molecule has 0 radical (unpaired) electrons. The number of H-pyrrole nitrogens is 1. The van der Waals surface area contributed by atoms with Crippen molar-refractivity contribution in [3.05, 3.63) is 36.2 Å². The Kier molecular flexibility index (Phi) is 4.17. The number of piperidine rings is 1. The Bertz CT molecular complexity index is 813. The Morgan fingerprint density at radius 1 is 1.35 bits per heavy atom. The highest BCUT2D eigenvalue weighted by atomic mass is 19.3. The zero-order valence-corrected chi connectivity index (χ0v) is 14.5. The number of ether oxygens (including phenoxy) is 1. The van der Waals surface area contributed by atoms with Crippen molar-refractivity contribution in [3.8, 4) is 16.9 Å². The SMILES string of the molecule is COc1cccc(-c2cn[nH]c2C2CCN(C(=O)C3CC3(F)F)CC2)c1. The molecule has 138 valence electrons. The summed E-state index contributed by atoms with van der Waals surface area (Å²) in [5.74, 6) is -3.29. The summed E-state index contributed by atoms with van der Waals surface area (Å²) >= 11 is 0. The van der Waals surface area contributed by atoms with E-state index in [9.17, 15) is 13.6 Å². The minimum Gasteiger partial charge on any atom is -0.497 e. The van der Waals surface area contributed by atoms with Crippen LogP contribution < -0.4 is 4.74 Å². The van der Waals surface area contributed by atoms with Crippen molar-refractivity contribution in [3.63, 3.8) is 0 Å². The molecule has 1 saturated carbocycles. The van der Waals surface area contributed by atoms with Gasteiger partial charge >= 0.3 is 0 Å². The van der Waals surface area contributed by atoms with E-state index < -0.39 is 17.7 Å². The molecule has 1 unspecified atom stereocenters. The molecule has 2 aliphatic rings. The summed E-state index contributed by atoms with van der Waals surface area (Å²) in [6, 6.07) is 7.79. The Morgan fingerprint density at radius 3 is 2.73 bits per heavy atom. The molecule has 1 N–H and O–H groups in total. The molecule has 7 heteroatoms. The molecule has 1 aromatic carbocycles. The topological polar surface area (TPSA) is 58.2 Å². The van der Waals surface area contributed by atoms with Gasteiger partial charge < -0.3 is 9.64 Å². The molecule has 2 fully saturated rings. The van der Waals surface area contributed by atoms with Crippen molar-refractivity contribution >= 4 is 5.91 Å². The van der Waals surface area contributed by atoms with Gasteiger partial charge in [0.15, 0.2) is 0 Å². The first-order chi connectivity index (χ1) is 12.5. The predicted molar refractivity (Wildman–Crippen MR) is 92.2 cm³/mol. The van der Waals surface area contributed by atoms with Crippen molar-refractivity contribution in [2.45, 2.75) is 31.1 Å². The summed E-state index contributed by atoms with van der Waals surface area (Å²) in [6.45, 7) is 1.01. The molecule has 2 aromatic rings. The second kappa shape index (κ2) is 6.37. The van der Waals surface area contributed by atoms with Gasteiger partial charge in [0.05, 0.1) is 13.3 Å². The third-order valence-corrected chi connectivity index (χ3v) is 5.39. The molecule has 1 aliphatic carbocycles. The number of methoxy groups -OCH3 is 1. The standard InChI is InChI=1S/C19H21F2N3O2/c1-26-14-4-2-3-13(9-14)15-11-22-23-17(15)12-5-7-24(8-6-12)18(25)16-10-19(16,20)21/h2-4,9,11-12,16H,5-8,10H2,1H3,(H,22,23). The van der Waals surface area contributed by atoms with Crippen LogP contribution in [0, 0.1) is 5.92 Å². The monoisotopic (exact) mass is 361 g/mol. The second-order valence-electron chi connectivity index (χ2n) is 7.05. The Balaban J connectivity index is 1.46. The molecule has 2 heterocycles. The van der Waals surface area contributed by atoms with Crippen LogP contribution in [0.5, 0.6) is 5.75 Å². The molecule has 1 atom stereocenters. The van der Waals surface area contributed by atoms with Crippen molar-refractivity contribution in [1.82, 2.24) is 15.1 Å². The Labute approximate surface area is 150 Å². The summed E-state index contributed by atoms with van der Waals surface area (Å²) in [6.07, 6.45) is 2.98. The number of nitrogens with zero attached hydrogens (tertiary/aromatic N) is 2. The summed E-state index contributed by atoms with van der Waals surface area (Å²) < 4.78 is 31.6. The number of benzene rings is 1. The van der Waals surface area contributed by atoms with Crippen LogP contribution in [0.1, 0.15) is 30.9 Å². The molecule has 0 spiro atoms. The zero-order chi connectivity index (χ0) is 18.3. The third-order valence-electron chi connectivity index (χ3n) is 5.39. The number of aromatic amines is 1. The Morgan fingerprint density at radius 2 is 2.08 bits per heavy atom. The molecule has 1 saturated heterocycles. The maximum atomic E-state index is 13.1. The minimum atomic E-state index is -2.79. The lowest BCUT2D eigenvalue weighted by Crippen LogP contribution is -2.39. The van der Waals surface area contributed by atoms with Gasteiger partial charge in [-0.15, -0.1) is 0 Å². The van der Waals surface area contributed by atoms with Crippen molar-refractivity contribution in [2.75, 3.05) is 20.2 Å². The van der Waals surface area contributed by atoms with E-state index in [1.165, 1.54) is 0 Å². The molecule has 1 aliphatic heterocycles. The van der Waals surface area contributed by atoms with Gasteiger partial charge in [-0.25, -0.2) is 8.78 Å². The average molecular weight is 361 g/mol. The highest BCUT2D eigenvalue weighted by molar-refractivity contribution is 5.83. The second-order valence-corrected chi connectivity index (χ2v) is 7.05. The highest BCUT2D eigenvalue weighted by Crippen LogP contribution is 2.50. The van der Waals surface area contributed by atoms with E-state index in [2.05, 4.69) is 10.2 Å². The quantitative estimate of drug-likeness (QED) is 0.907. The molecular weight excluding hydrogens is 340 g/mol. The van der Waals surface area contributed by atoms with Crippen LogP contribution in [0.25, 0.3) is 11.1 Å². The van der Waals surface area contributed by atoms with E-state index in [-0.39, 0.29) is 12.3 Å². The molecular formula is C19H21F2N3O2. The normalized spacial score (nSPS) is 22.3. The lowest BCUT2D eigenvalue weighted by Gasteiger charge is -2.32. The summed E-state index contributed by atoms with van der Waals surface area (Å²) in [7, 11) is 1.63. The van der Waals surface area contributed by atoms with E-state index in [1.807, 2.05) is 24.3 Å². The predicted octanol–water partition coefficient (Wildman–Crippen LogP) is 3.45. The van der Waals surface area contributed by atoms with Gasteiger partial charge in [-0.3, -0.25) is 9.89 Å². The van der Waals surface area contributed by atoms with E-state index in [1.54, 1.807) is 18.2 Å². The Hall–Kier alpha value is -2.44. The van der Waals surface area contributed by atoms with Gasteiger partial charge in [0.1, 0.15) is 11.7 Å². The number of nitrogens with one attached hydrogen (secondary N) is 1. The smallest absolute Gasteiger partial charge is 0.260 e. The van der Waals surface area contributed by atoms with Crippen LogP contribution in [0.15, 0.2) is 30.5 Å². The largest absolute Gasteiger partial charge is 0.497 e. The summed E-state index contributed by atoms with van der Waals surface area (Å²) in [5, 5.41) is 7.28. The highest BCUT2D eigenvalue weighted by Gasteiger charge is 2.62. The average Bonchev–Trinajstić information content (AvgIpc) is 3.08. The third kappa shape index (κ3) is 3.06. The number of amides is 1. The number of hydrogen-bond acceptors (Lipinski definition) is 3. The molecule has 0 bridgehead atoms. The number of carbonyl (C=O) groups is 1. The number of hydrogen-bond donors (Lipinski definition) is 1. The zero-order valence-electron chi connectivity index (χ0n) is 14.5. The number of likely N-dealkylation sites (tertiary alicyclic amines) is 1. The first-order valence-corrected chi connectivity index (χ1v) is 8.84. The van der Waals surface area contributed by atoms with Crippen molar-refractivity contribution in [1.29, 1.82) is 0 Å². The molecule has 26 heavy (non-hydrogen) atoms. The first-order valence-electron chi connectivity index (χ1n) is 8.84. The van der Waals surface area contributed by atoms with E-state index in [0.29, 0.717) is 13.1 Å². The summed E-state index contributed by atoms with van der Waals surface area (Å²) in [4.78, 5) is 13.7. The number of aromatic nitrogens is 2. The lowest BCUT2D eigenvalue weighted by atomic mass is 9.89. The number of alkyl halides is 2. The first kappa shape index (κ1) is 17.0. The van der Waals surface area contributed by atoms with Crippen LogP contribution in [0.3, 0.4) is 0 Å². The molecule has 5 nitrogen and oxygen atoms in total. The van der Waals surface area contributed by atoms with Gasteiger partial charge in [-0.2, -0.15) is 5.10 Å². The minimum absolute atomic E-state index is 0.225. The lowest BCUT2D eigenvalue weighted by molar-refractivity contribution is -0.135. The summed E-state index contributed by atoms with van der Waals surface area (Å²) in [5.41, 5.74) is 3.06. The number of rotatable bonds is 4. The van der Waals surface area contributed by atoms with Gasteiger partial charge in [0.25, 0.3) is 5.92 Å². The van der Waals surface area contributed by atoms with Crippen LogP contribution in [0.4, 0.5) is 8.78 Å². The van der Waals surface area contributed by atoms with Gasteiger partial charge in [-0.05, 0) is 30.5 Å². The van der Waals surface area contributed by atoms with Crippen molar-refractivity contribution in [2.24, 2.45) is 5.92 Å². The maximum Gasteiger partial charge on any atom is 0.260 e. The van der Waals surface area contributed by atoms with Gasteiger partial charge in [-0.1, -0.05) is 12.1 Å². The number of halogens is 2. The maximum absolute atomic E-state index is 13.1. The van der Waals surface area contributed by atoms with Gasteiger partial charge in [0, 0.05) is 36.7 Å². The van der Waals surface area contributed by atoms with Crippen molar-refractivity contribution < 1.29 is 18.3 Å². The fourth-order valence-corrected chi connectivity index (χ4v) is 3.72. The van der Waals surface area contributed by atoms with E-state index in [4.69, 9.17) is 4.74 Å². The molecule has 1 amide bonds. The van der Waals surface area contributed by atoms with Crippen LogP contribution in [-0.2, 0) is 4.79 Å². The van der Waals surface area contributed by atoms with E-state index in [0.717, 1.165) is 35.4 Å². The molecule has 1 aromatic heterocycles.